The number of halogens is 2. The van der Waals surface area contributed by atoms with Crippen molar-refractivity contribution in [3.05, 3.63) is 28.0 Å². The van der Waals surface area contributed by atoms with E-state index in [0.29, 0.717) is 17.1 Å². The largest absolute Gasteiger partial charge is 0.339 e. The van der Waals surface area contributed by atoms with Crippen molar-refractivity contribution in [1.82, 2.24) is 14.8 Å². The Bertz CT molecular complexity index is 464. The highest BCUT2D eigenvalue weighted by Gasteiger charge is 2.16. The van der Waals surface area contributed by atoms with E-state index >= 15 is 0 Å². The molecule has 0 aliphatic rings. The van der Waals surface area contributed by atoms with E-state index in [0.717, 1.165) is 32.6 Å². The van der Waals surface area contributed by atoms with Crippen molar-refractivity contribution in [2.75, 3.05) is 32.7 Å². The van der Waals surface area contributed by atoms with Crippen LogP contribution >= 0.6 is 23.2 Å². The Morgan fingerprint density at radius 3 is 2.33 bits per heavy atom. The van der Waals surface area contributed by atoms with Crippen molar-refractivity contribution in [1.29, 1.82) is 0 Å². The first-order chi connectivity index (χ1) is 10.0. The molecular formula is C15H23Cl2N3O. The minimum absolute atomic E-state index is 0.0527. The fourth-order valence-corrected chi connectivity index (χ4v) is 2.42. The van der Waals surface area contributed by atoms with Crippen molar-refractivity contribution in [3.63, 3.8) is 0 Å². The highest BCUT2D eigenvalue weighted by Crippen LogP contribution is 2.20. The molecule has 0 aliphatic carbocycles. The van der Waals surface area contributed by atoms with Crippen LogP contribution in [0.3, 0.4) is 0 Å². The van der Waals surface area contributed by atoms with Crippen molar-refractivity contribution in [2.24, 2.45) is 0 Å². The Kier molecular flexibility index (Phi) is 8.01. The monoisotopic (exact) mass is 331 g/mol. The van der Waals surface area contributed by atoms with Gasteiger partial charge in [-0.25, -0.2) is 4.98 Å². The summed E-state index contributed by atoms with van der Waals surface area (Å²) in [6.07, 6.45) is 2.43. The minimum atomic E-state index is -0.0527. The maximum absolute atomic E-state index is 12.4. The van der Waals surface area contributed by atoms with Crippen LogP contribution in [0.2, 0.25) is 10.2 Å². The molecule has 1 aromatic heterocycles. The van der Waals surface area contributed by atoms with E-state index in [2.05, 4.69) is 23.7 Å². The first-order valence-electron chi connectivity index (χ1n) is 7.36. The number of hydrogen-bond donors (Lipinski definition) is 0. The first-order valence-corrected chi connectivity index (χ1v) is 8.11. The molecule has 118 valence electrons. The standard InChI is InChI=1S/C15H23Cl2N3O/c1-4-19(5-2)8-7-9-20(6-3)15(21)12-10-13(16)14(17)18-11-12/h10-11H,4-9H2,1-3H3. The average Bonchev–Trinajstić information content (AvgIpc) is 2.50. The molecule has 0 aliphatic heterocycles. The van der Waals surface area contributed by atoms with Gasteiger partial charge in [-0.15, -0.1) is 0 Å². The molecule has 1 rings (SSSR count). The molecule has 0 saturated carbocycles. The maximum atomic E-state index is 12.4. The van der Waals surface area contributed by atoms with Crippen molar-refractivity contribution in [2.45, 2.75) is 27.2 Å². The van der Waals surface area contributed by atoms with Gasteiger partial charge in [0.25, 0.3) is 5.91 Å². The zero-order chi connectivity index (χ0) is 15.8. The topological polar surface area (TPSA) is 36.4 Å². The van der Waals surface area contributed by atoms with E-state index < -0.39 is 0 Å². The second-order valence-electron chi connectivity index (χ2n) is 4.76. The number of rotatable bonds is 8. The molecule has 1 aromatic rings. The van der Waals surface area contributed by atoms with Gasteiger partial charge in [-0.2, -0.15) is 0 Å². The van der Waals surface area contributed by atoms with Crippen LogP contribution in [0.25, 0.3) is 0 Å². The van der Waals surface area contributed by atoms with Crippen LogP contribution < -0.4 is 0 Å². The Labute approximate surface area is 137 Å². The van der Waals surface area contributed by atoms with Crippen molar-refractivity contribution < 1.29 is 4.79 Å². The third kappa shape index (κ3) is 5.46. The first kappa shape index (κ1) is 18.2. The average molecular weight is 332 g/mol. The quantitative estimate of drug-likeness (QED) is 0.683. The summed E-state index contributed by atoms with van der Waals surface area (Å²) in [6.45, 7) is 10.7. The fraction of sp³-hybridized carbons (Fsp3) is 0.600. The summed E-state index contributed by atoms with van der Waals surface area (Å²) in [5.74, 6) is -0.0527. The number of amides is 1. The Hall–Kier alpha value is -0.840. The van der Waals surface area contributed by atoms with Gasteiger partial charge in [0.2, 0.25) is 0 Å². The van der Waals surface area contributed by atoms with Crippen LogP contribution in [0.15, 0.2) is 12.3 Å². The minimum Gasteiger partial charge on any atom is -0.339 e. The Morgan fingerprint density at radius 1 is 1.14 bits per heavy atom. The second kappa shape index (κ2) is 9.23. The number of pyridine rings is 1. The van der Waals surface area contributed by atoms with Gasteiger partial charge in [-0.3, -0.25) is 4.79 Å². The predicted molar refractivity (Wildman–Crippen MR) is 88.2 cm³/mol. The van der Waals surface area contributed by atoms with E-state index in [1.54, 1.807) is 6.07 Å². The van der Waals surface area contributed by atoms with Crippen LogP contribution in [0.4, 0.5) is 0 Å². The fourth-order valence-electron chi connectivity index (χ4n) is 2.15. The number of carbonyl (C=O) groups excluding carboxylic acids is 1. The van der Waals surface area contributed by atoms with Crippen LogP contribution in [-0.4, -0.2) is 53.4 Å². The summed E-state index contributed by atoms with van der Waals surface area (Å²) in [5, 5.41) is 0.527. The van der Waals surface area contributed by atoms with E-state index in [1.807, 2.05) is 11.8 Å². The van der Waals surface area contributed by atoms with Gasteiger partial charge in [-0.05, 0) is 39.0 Å². The molecule has 1 amide bonds. The normalized spacial score (nSPS) is 11.0. The molecular weight excluding hydrogens is 309 g/mol. The molecule has 0 radical (unpaired) electrons. The summed E-state index contributed by atoms with van der Waals surface area (Å²) in [4.78, 5) is 20.5. The lowest BCUT2D eigenvalue weighted by atomic mass is 10.2. The lowest BCUT2D eigenvalue weighted by molar-refractivity contribution is 0.0757. The van der Waals surface area contributed by atoms with Crippen LogP contribution in [0.1, 0.15) is 37.6 Å². The lowest BCUT2D eigenvalue weighted by Crippen LogP contribution is -2.34. The highest BCUT2D eigenvalue weighted by atomic mass is 35.5. The summed E-state index contributed by atoms with van der Waals surface area (Å²) in [6, 6.07) is 1.58. The molecule has 0 fully saturated rings. The predicted octanol–water partition coefficient (Wildman–Crippen LogP) is 3.58. The highest BCUT2D eigenvalue weighted by molar-refractivity contribution is 6.41. The third-order valence-electron chi connectivity index (χ3n) is 3.51. The summed E-state index contributed by atoms with van der Waals surface area (Å²) in [5.41, 5.74) is 0.481. The Morgan fingerprint density at radius 2 is 1.81 bits per heavy atom. The molecule has 0 bridgehead atoms. The zero-order valence-corrected chi connectivity index (χ0v) is 14.4. The molecule has 0 N–H and O–H groups in total. The molecule has 0 saturated heterocycles. The van der Waals surface area contributed by atoms with Gasteiger partial charge in [0.05, 0.1) is 10.6 Å². The lowest BCUT2D eigenvalue weighted by Gasteiger charge is -2.23. The smallest absolute Gasteiger partial charge is 0.255 e. The van der Waals surface area contributed by atoms with E-state index in [-0.39, 0.29) is 11.1 Å². The molecule has 21 heavy (non-hydrogen) atoms. The molecule has 0 atom stereocenters. The molecule has 0 unspecified atom stereocenters. The van der Waals surface area contributed by atoms with E-state index in [1.165, 1.54) is 6.20 Å². The molecule has 1 heterocycles. The summed E-state index contributed by atoms with van der Waals surface area (Å²) in [7, 11) is 0. The van der Waals surface area contributed by atoms with Gasteiger partial charge in [0, 0.05) is 19.3 Å². The summed E-state index contributed by atoms with van der Waals surface area (Å²) >= 11 is 11.7. The molecule has 0 spiro atoms. The van der Waals surface area contributed by atoms with E-state index in [4.69, 9.17) is 23.2 Å². The second-order valence-corrected chi connectivity index (χ2v) is 5.53. The van der Waals surface area contributed by atoms with Gasteiger partial charge in [0.1, 0.15) is 5.15 Å². The van der Waals surface area contributed by atoms with Gasteiger partial charge < -0.3 is 9.80 Å². The Balaban J connectivity index is 2.62. The SMILES string of the molecule is CCN(CC)CCCN(CC)C(=O)c1cnc(Cl)c(Cl)c1. The van der Waals surface area contributed by atoms with E-state index in [9.17, 15) is 4.79 Å². The number of hydrogen-bond acceptors (Lipinski definition) is 3. The van der Waals surface area contributed by atoms with Gasteiger partial charge in [0.15, 0.2) is 0 Å². The molecule has 0 aromatic carbocycles. The maximum Gasteiger partial charge on any atom is 0.255 e. The zero-order valence-electron chi connectivity index (χ0n) is 12.9. The number of aromatic nitrogens is 1. The summed E-state index contributed by atoms with van der Waals surface area (Å²) < 4.78 is 0. The van der Waals surface area contributed by atoms with Crippen LogP contribution in [0, 0.1) is 0 Å². The van der Waals surface area contributed by atoms with Gasteiger partial charge in [-0.1, -0.05) is 37.0 Å². The molecule has 6 heteroatoms. The van der Waals surface area contributed by atoms with Crippen LogP contribution in [0.5, 0.6) is 0 Å². The van der Waals surface area contributed by atoms with Crippen LogP contribution in [-0.2, 0) is 0 Å². The number of carbonyl (C=O) groups is 1. The third-order valence-corrected chi connectivity index (χ3v) is 4.20. The van der Waals surface area contributed by atoms with Gasteiger partial charge >= 0.3 is 0 Å². The van der Waals surface area contributed by atoms with Crippen molar-refractivity contribution >= 4 is 29.1 Å². The number of nitrogens with zero attached hydrogens (tertiary/aromatic N) is 3. The van der Waals surface area contributed by atoms with Crippen molar-refractivity contribution in [3.8, 4) is 0 Å². The molecule has 4 nitrogen and oxygen atoms in total.